The largest absolute Gasteiger partial charge is 0.445 e. The molecular weight excluding hydrogens is 262 g/mol. The van der Waals surface area contributed by atoms with Crippen LogP contribution in [0.2, 0.25) is 0 Å². The minimum Gasteiger partial charge on any atom is -0.445 e. The van der Waals surface area contributed by atoms with E-state index in [-0.39, 0.29) is 6.09 Å². The van der Waals surface area contributed by atoms with Gasteiger partial charge in [-0.15, -0.1) is 11.6 Å². The van der Waals surface area contributed by atoms with Crippen LogP contribution in [0.3, 0.4) is 0 Å². The third kappa shape index (κ3) is 4.43. The fourth-order valence-electron chi connectivity index (χ4n) is 2.37. The quantitative estimate of drug-likeness (QED) is 0.788. The first kappa shape index (κ1) is 14.2. The molecule has 0 aromatic heterocycles. The van der Waals surface area contributed by atoms with Crippen molar-refractivity contribution in [2.24, 2.45) is 5.92 Å². The normalized spacial score (nSPS) is 16.4. The summed E-state index contributed by atoms with van der Waals surface area (Å²) in [7, 11) is 0. The molecule has 104 valence electrons. The molecule has 2 rings (SSSR count). The van der Waals surface area contributed by atoms with Gasteiger partial charge in [0, 0.05) is 19.0 Å². The van der Waals surface area contributed by atoms with Gasteiger partial charge in [0.25, 0.3) is 0 Å². The minimum atomic E-state index is -0.201. The molecule has 0 radical (unpaired) electrons. The summed E-state index contributed by atoms with van der Waals surface area (Å²) < 4.78 is 5.32. The Bertz CT molecular complexity index is 388. The number of likely N-dealkylation sites (tertiary alicyclic amines) is 1. The Morgan fingerprint density at radius 3 is 2.58 bits per heavy atom. The van der Waals surface area contributed by atoms with Crippen LogP contribution < -0.4 is 0 Å². The predicted molar refractivity (Wildman–Crippen MR) is 76.3 cm³/mol. The number of hydrogen-bond donors (Lipinski definition) is 0. The first-order valence-electron chi connectivity index (χ1n) is 6.81. The lowest BCUT2D eigenvalue weighted by molar-refractivity contribution is 0.0820. The standard InChI is InChI=1S/C15H20ClNO2/c16-9-6-13-7-10-17(11-8-13)15(18)19-12-14-4-2-1-3-5-14/h1-5,13H,6-12H2. The third-order valence-electron chi connectivity index (χ3n) is 3.60. The molecule has 19 heavy (non-hydrogen) atoms. The van der Waals surface area contributed by atoms with Crippen LogP contribution in [0.25, 0.3) is 0 Å². The average Bonchev–Trinajstić information content (AvgIpc) is 2.47. The lowest BCUT2D eigenvalue weighted by atomic mass is 9.95. The van der Waals surface area contributed by atoms with Crippen LogP contribution in [0, 0.1) is 5.92 Å². The van der Waals surface area contributed by atoms with E-state index in [9.17, 15) is 4.79 Å². The number of ether oxygens (including phenoxy) is 1. The molecule has 0 atom stereocenters. The fourth-order valence-corrected chi connectivity index (χ4v) is 2.68. The zero-order chi connectivity index (χ0) is 13.5. The molecule has 1 aromatic rings. The first-order chi connectivity index (χ1) is 9.29. The number of halogens is 1. The summed E-state index contributed by atoms with van der Waals surface area (Å²) in [5, 5.41) is 0. The lowest BCUT2D eigenvalue weighted by Gasteiger charge is -2.31. The second-order valence-corrected chi connectivity index (χ2v) is 5.33. The van der Waals surface area contributed by atoms with Gasteiger partial charge in [-0.2, -0.15) is 0 Å². The van der Waals surface area contributed by atoms with Crippen molar-refractivity contribution in [3.63, 3.8) is 0 Å². The molecule has 1 aromatic carbocycles. The second-order valence-electron chi connectivity index (χ2n) is 4.95. The maximum atomic E-state index is 11.9. The molecule has 1 fully saturated rings. The summed E-state index contributed by atoms with van der Waals surface area (Å²) in [6, 6.07) is 9.76. The number of benzene rings is 1. The molecule has 4 heteroatoms. The maximum absolute atomic E-state index is 11.9. The number of nitrogens with zero attached hydrogens (tertiary/aromatic N) is 1. The highest BCUT2D eigenvalue weighted by Gasteiger charge is 2.23. The Hall–Kier alpha value is -1.22. The number of carbonyl (C=O) groups excluding carboxylic acids is 1. The van der Waals surface area contributed by atoms with E-state index >= 15 is 0 Å². The van der Waals surface area contributed by atoms with Crippen molar-refractivity contribution in [2.75, 3.05) is 19.0 Å². The van der Waals surface area contributed by atoms with Gasteiger partial charge in [-0.05, 0) is 30.7 Å². The summed E-state index contributed by atoms with van der Waals surface area (Å²) >= 11 is 5.75. The first-order valence-corrected chi connectivity index (χ1v) is 7.34. The van der Waals surface area contributed by atoms with E-state index in [1.165, 1.54) is 0 Å². The van der Waals surface area contributed by atoms with Crippen LogP contribution in [0.15, 0.2) is 30.3 Å². The van der Waals surface area contributed by atoms with Crippen molar-refractivity contribution in [1.29, 1.82) is 0 Å². The highest BCUT2D eigenvalue weighted by molar-refractivity contribution is 6.17. The highest BCUT2D eigenvalue weighted by Crippen LogP contribution is 2.21. The lowest BCUT2D eigenvalue weighted by Crippen LogP contribution is -2.38. The molecule has 0 aliphatic carbocycles. The van der Waals surface area contributed by atoms with Crippen LogP contribution in [-0.2, 0) is 11.3 Å². The molecule has 0 saturated carbocycles. The average molecular weight is 282 g/mol. The Balaban J connectivity index is 1.73. The van der Waals surface area contributed by atoms with E-state index in [1.807, 2.05) is 30.3 Å². The molecule has 0 N–H and O–H groups in total. The molecule has 0 spiro atoms. The predicted octanol–water partition coefficient (Wildman–Crippen LogP) is 3.66. The molecule has 1 heterocycles. The zero-order valence-corrected chi connectivity index (χ0v) is 11.8. The van der Waals surface area contributed by atoms with Gasteiger partial charge in [0.05, 0.1) is 0 Å². The molecular formula is C15H20ClNO2. The van der Waals surface area contributed by atoms with Crippen LogP contribution in [0.4, 0.5) is 4.79 Å². The summed E-state index contributed by atoms with van der Waals surface area (Å²) in [5.74, 6) is 1.37. The van der Waals surface area contributed by atoms with Crippen LogP contribution >= 0.6 is 11.6 Å². The number of hydrogen-bond acceptors (Lipinski definition) is 2. The van der Waals surface area contributed by atoms with E-state index in [0.29, 0.717) is 18.4 Å². The number of amides is 1. The van der Waals surface area contributed by atoms with Crippen molar-refractivity contribution < 1.29 is 9.53 Å². The van der Waals surface area contributed by atoms with E-state index in [1.54, 1.807) is 4.90 Å². The van der Waals surface area contributed by atoms with Crippen LogP contribution in [0.1, 0.15) is 24.8 Å². The topological polar surface area (TPSA) is 29.5 Å². The number of carbonyl (C=O) groups is 1. The molecule has 0 bridgehead atoms. The molecule has 1 aliphatic heterocycles. The van der Waals surface area contributed by atoms with Crippen molar-refractivity contribution in [3.05, 3.63) is 35.9 Å². The molecule has 1 aliphatic rings. The van der Waals surface area contributed by atoms with Crippen LogP contribution in [0.5, 0.6) is 0 Å². The molecule has 3 nitrogen and oxygen atoms in total. The van der Waals surface area contributed by atoms with E-state index in [0.717, 1.165) is 37.9 Å². The van der Waals surface area contributed by atoms with Gasteiger partial charge >= 0.3 is 6.09 Å². The smallest absolute Gasteiger partial charge is 0.410 e. The molecule has 1 amide bonds. The maximum Gasteiger partial charge on any atom is 0.410 e. The van der Waals surface area contributed by atoms with Gasteiger partial charge in [-0.1, -0.05) is 30.3 Å². The van der Waals surface area contributed by atoms with Gasteiger partial charge in [0.2, 0.25) is 0 Å². The van der Waals surface area contributed by atoms with Crippen molar-refractivity contribution in [1.82, 2.24) is 4.90 Å². The highest BCUT2D eigenvalue weighted by atomic mass is 35.5. The number of alkyl halides is 1. The number of piperidine rings is 1. The Kier molecular flexibility index (Phi) is 5.52. The Labute approximate surface area is 119 Å². The van der Waals surface area contributed by atoms with Gasteiger partial charge in [-0.3, -0.25) is 0 Å². The van der Waals surface area contributed by atoms with Crippen molar-refractivity contribution >= 4 is 17.7 Å². The fraction of sp³-hybridized carbons (Fsp3) is 0.533. The van der Waals surface area contributed by atoms with Gasteiger partial charge in [-0.25, -0.2) is 4.79 Å². The van der Waals surface area contributed by atoms with Gasteiger partial charge < -0.3 is 9.64 Å². The van der Waals surface area contributed by atoms with Gasteiger partial charge in [0.1, 0.15) is 6.61 Å². The SMILES string of the molecule is O=C(OCc1ccccc1)N1CCC(CCCl)CC1. The monoisotopic (exact) mass is 281 g/mol. The zero-order valence-electron chi connectivity index (χ0n) is 11.1. The Morgan fingerprint density at radius 2 is 1.95 bits per heavy atom. The summed E-state index contributed by atoms with van der Waals surface area (Å²) in [6.07, 6.45) is 2.92. The summed E-state index contributed by atoms with van der Waals surface area (Å²) in [6.45, 7) is 1.92. The summed E-state index contributed by atoms with van der Waals surface area (Å²) in [5.41, 5.74) is 1.02. The minimum absolute atomic E-state index is 0.201. The molecule has 1 saturated heterocycles. The van der Waals surface area contributed by atoms with Gasteiger partial charge in [0.15, 0.2) is 0 Å². The Morgan fingerprint density at radius 1 is 1.26 bits per heavy atom. The van der Waals surface area contributed by atoms with Crippen molar-refractivity contribution in [3.8, 4) is 0 Å². The van der Waals surface area contributed by atoms with Crippen molar-refractivity contribution in [2.45, 2.75) is 25.9 Å². The van der Waals surface area contributed by atoms with E-state index < -0.39 is 0 Å². The second kappa shape index (κ2) is 7.39. The molecule has 0 unspecified atom stereocenters. The summed E-state index contributed by atoms with van der Waals surface area (Å²) in [4.78, 5) is 13.7. The van der Waals surface area contributed by atoms with E-state index in [4.69, 9.17) is 16.3 Å². The number of rotatable bonds is 4. The third-order valence-corrected chi connectivity index (χ3v) is 3.81. The van der Waals surface area contributed by atoms with Crippen LogP contribution in [-0.4, -0.2) is 30.0 Å². The van der Waals surface area contributed by atoms with E-state index in [2.05, 4.69) is 0 Å².